The first kappa shape index (κ1) is 11.6. The smallest absolute Gasteiger partial charge is 0.369 e. The van der Waals surface area contributed by atoms with Gasteiger partial charge in [0.1, 0.15) is 5.69 Å². The fraction of sp³-hybridized carbons (Fsp3) is 0.300. The molecule has 6 nitrogen and oxygen atoms in total. The van der Waals surface area contributed by atoms with Crippen LogP contribution in [0.25, 0.3) is 10.7 Å². The van der Waals surface area contributed by atoms with E-state index in [-0.39, 0.29) is 5.01 Å². The highest BCUT2D eigenvalue weighted by atomic mass is 32.1. The summed E-state index contributed by atoms with van der Waals surface area (Å²) in [4.78, 5) is 19.7. The monoisotopic (exact) mass is 250 g/mol. The number of rotatable bonds is 3. The normalized spacial score (nSPS) is 10.2. The SMILES string of the molecule is CCOC(=O)c1nnc(-c2cncc(C)n2)s1. The van der Waals surface area contributed by atoms with Crippen molar-refractivity contribution in [1.29, 1.82) is 0 Å². The number of carbonyl (C=O) groups excluding carboxylic acids is 1. The molecule has 0 N–H and O–H groups in total. The quantitative estimate of drug-likeness (QED) is 0.768. The first-order chi connectivity index (χ1) is 8.20. The van der Waals surface area contributed by atoms with E-state index in [1.165, 1.54) is 0 Å². The van der Waals surface area contributed by atoms with Crippen molar-refractivity contribution in [2.24, 2.45) is 0 Å². The lowest BCUT2D eigenvalue weighted by atomic mass is 10.4. The second kappa shape index (κ2) is 4.96. The molecule has 7 heteroatoms. The Bertz CT molecular complexity index is 541. The molecule has 2 rings (SSSR count). The average Bonchev–Trinajstić information content (AvgIpc) is 2.78. The zero-order valence-electron chi connectivity index (χ0n) is 9.38. The highest BCUT2D eigenvalue weighted by molar-refractivity contribution is 7.16. The molecule has 0 fully saturated rings. The largest absolute Gasteiger partial charge is 0.461 e. The first-order valence-corrected chi connectivity index (χ1v) is 5.82. The van der Waals surface area contributed by atoms with Gasteiger partial charge in [0.05, 0.1) is 18.5 Å². The number of ether oxygens (including phenoxy) is 1. The molecule has 0 unspecified atom stereocenters. The van der Waals surface area contributed by atoms with Gasteiger partial charge < -0.3 is 4.74 Å². The Morgan fingerprint density at radius 3 is 2.94 bits per heavy atom. The van der Waals surface area contributed by atoms with E-state index in [2.05, 4.69) is 20.2 Å². The third kappa shape index (κ3) is 2.62. The number of aromatic nitrogens is 4. The van der Waals surface area contributed by atoms with Crippen LogP contribution in [0.2, 0.25) is 0 Å². The molecular formula is C10H10N4O2S. The minimum absolute atomic E-state index is 0.227. The van der Waals surface area contributed by atoms with Crippen LogP contribution in [0.1, 0.15) is 22.4 Å². The molecule has 0 bridgehead atoms. The van der Waals surface area contributed by atoms with Gasteiger partial charge in [-0.15, -0.1) is 10.2 Å². The molecule has 2 aromatic rings. The lowest BCUT2D eigenvalue weighted by Gasteiger charge is -1.95. The molecule has 0 radical (unpaired) electrons. The van der Waals surface area contributed by atoms with Crippen molar-refractivity contribution in [3.63, 3.8) is 0 Å². The van der Waals surface area contributed by atoms with Crippen molar-refractivity contribution in [2.45, 2.75) is 13.8 Å². The number of carbonyl (C=O) groups is 1. The van der Waals surface area contributed by atoms with Crippen molar-refractivity contribution >= 4 is 17.3 Å². The van der Waals surface area contributed by atoms with Crippen LogP contribution in [0.4, 0.5) is 0 Å². The van der Waals surface area contributed by atoms with Crippen LogP contribution in [-0.4, -0.2) is 32.7 Å². The van der Waals surface area contributed by atoms with Gasteiger partial charge in [-0.2, -0.15) is 0 Å². The highest BCUT2D eigenvalue weighted by Gasteiger charge is 2.15. The average molecular weight is 250 g/mol. The minimum atomic E-state index is -0.461. The predicted octanol–water partition coefficient (Wildman–Crippen LogP) is 1.48. The maximum Gasteiger partial charge on any atom is 0.369 e. The van der Waals surface area contributed by atoms with E-state index in [1.807, 2.05) is 6.92 Å². The van der Waals surface area contributed by atoms with Gasteiger partial charge in [0, 0.05) is 6.20 Å². The fourth-order valence-corrected chi connectivity index (χ4v) is 1.86. The summed E-state index contributed by atoms with van der Waals surface area (Å²) in [7, 11) is 0. The molecule has 0 aliphatic rings. The lowest BCUT2D eigenvalue weighted by molar-refractivity contribution is 0.0525. The Kier molecular flexibility index (Phi) is 3.38. The molecule has 17 heavy (non-hydrogen) atoms. The van der Waals surface area contributed by atoms with E-state index in [0.717, 1.165) is 17.0 Å². The summed E-state index contributed by atoms with van der Waals surface area (Å²) in [5.74, 6) is -0.461. The summed E-state index contributed by atoms with van der Waals surface area (Å²) in [5, 5.41) is 8.45. The van der Waals surface area contributed by atoms with Gasteiger partial charge in [0.25, 0.3) is 0 Å². The van der Waals surface area contributed by atoms with Crippen LogP contribution in [0.5, 0.6) is 0 Å². The third-order valence-electron chi connectivity index (χ3n) is 1.85. The van der Waals surface area contributed by atoms with Crippen LogP contribution < -0.4 is 0 Å². The Morgan fingerprint density at radius 1 is 1.41 bits per heavy atom. The van der Waals surface area contributed by atoms with Crippen molar-refractivity contribution in [3.05, 3.63) is 23.1 Å². The molecular weight excluding hydrogens is 240 g/mol. The molecule has 0 amide bonds. The molecule has 0 aliphatic carbocycles. The van der Waals surface area contributed by atoms with Gasteiger partial charge >= 0.3 is 5.97 Å². The van der Waals surface area contributed by atoms with Gasteiger partial charge in [-0.05, 0) is 13.8 Å². The summed E-state index contributed by atoms with van der Waals surface area (Å²) in [5.41, 5.74) is 1.40. The Labute approximate surface area is 102 Å². The summed E-state index contributed by atoms with van der Waals surface area (Å²) in [6.07, 6.45) is 3.24. The standard InChI is InChI=1S/C10H10N4O2S/c1-3-16-10(15)9-14-13-8(17-9)7-5-11-4-6(2)12-7/h4-5H,3H2,1-2H3. The van der Waals surface area contributed by atoms with E-state index < -0.39 is 5.97 Å². The van der Waals surface area contributed by atoms with E-state index in [1.54, 1.807) is 19.3 Å². The van der Waals surface area contributed by atoms with Crippen molar-refractivity contribution in [3.8, 4) is 10.7 Å². The van der Waals surface area contributed by atoms with Gasteiger partial charge in [-0.1, -0.05) is 11.3 Å². The number of nitrogens with zero attached hydrogens (tertiary/aromatic N) is 4. The third-order valence-corrected chi connectivity index (χ3v) is 2.77. The fourth-order valence-electron chi connectivity index (χ4n) is 1.17. The van der Waals surface area contributed by atoms with Crippen LogP contribution in [0.3, 0.4) is 0 Å². The molecule has 0 aromatic carbocycles. The van der Waals surface area contributed by atoms with E-state index >= 15 is 0 Å². The summed E-state index contributed by atoms with van der Waals surface area (Å²) in [6.45, 7) is 3.90. The first-order valence-electron chi connectivity index (χ1n) is 5.00. The molecule has 88 valence electrons. The number of aryl methyl sites for hydroxylation is 1. The van der Waals surface area contributed by atoms with Gasteiger partial charge in [0.15, 0.2) is 5.01 Å². The topological polar surface area (TPSA) is 77.9 Å². The lowest BCUT2D eigenvalue weighted by Crippen LogP contribution is -2.03. The summed E-state index contributed by atoms with van der Waals surface area (Å²) in [6, 6.07) is 0. The second-order valence-corrected chi connectivity index (χ2v) is 4.16. The van der Waals surface area contributed by atoms with Crippen molar-refractivity contribution in [1.82, 2.24) is 20.2 Å². The molecule has 2 heterocycles. The molecule has 0 spiro atoms. The second-order valence-electron chi connectivity index (χ2n) is 3.18. The maximum absolute atomic E-state index is 11.4. The number of hydrogen-bond acceptors (Lipinski definition) is 7. The predicted molar refractivity (Wildman–Crippen MR) is 61.6 cm³/mol. The van der Waals surface area contributed by atoms with Gasteiger partial charge in [-0.3, -0.25) is 4.98 Å². The van der Waals surface area contributed by atoms with Crippen LogP contribution in [-0.2, 0) is 4.74 Å². The Balaban J connectivity index is 2.27. The maximum atomic E-state index is 11.4. The Hall–Kier alpha value is -1.89. The van der Waals surface area contributed by atoms with Gasteiger partial charge in [0.2, 0.25) is 5.01 Å². The van der Waals surface area contributed by atoms with Crippen LogP contribution >= 0.6 is 11.3 Å². The summed E-state index contributed by atoms with van der Waals surface area (Å²) >= 11 is 1.14. The number of esters is 1. The minimum Gasteiger partial charge on any atom is -0.461 e. The van der Waals surface area contributed by atoms with Gasteiger partial charge in [-0.25, -0.2) is 9.78 Å². The summed E-state index contributed by atoms with van der Waals surface area (Å²) < 4.78 is 4.83. The van der Waals surface area contributed by atoms with E-state index in [9.17, 15) is 4.79 Å². The molecule has 0 saturated carbocycles. The molecule has 2 aromatic heterocycles. The van der Waals surface area contributed by atoms with Crippen LogP contribution in [0, 0.1) is 6.92 Å². The van der Waals surface area contributed by atoms with Crippen molar-refractivity contribution < 1.29 is 9.53 Å². The zero-order valence-corrected chi connectivity index (χ0v) is 10.2. The van der Waals surface area contributed by atoms with E-state index in [4.69, 9.17) is 4.74 Å². The van der Waals surface area contributed by atoms with E-state index in [0.29, 0.717) is 17.3 Å². The Morgan fingerprint density at radius 2 is 2.24 bits per heavy atom. The highest BCUT2D eigenvalue weighted by Crippen LogP contribution is 2.21. The number of hydrogen-bond donors (Lipinski definition) is 0. The molecule has 0 atom stereocenters. The molecule has 0 aliphatic heterocycles. The molecule has 0 saturated heterocycles. The van der Waals surface area contributed by atoms with Crippen LogP contribution in [0.15, 0.2) is 12.4 Å². The zero-order chi connectivity index (χ0) is 12.3. The van der Waals surface area contributed by atoms with Crippen molar-refractivity contribution in [2.75, 3.05) is 6.61 Å².